The first-order valence-corrected chi connectivity index (χ1v) is 10.0. The third-order valence-corrected chi connectivity index (χ3v) is 6.13. The van der Waals surface area contributed by atoms with Gasteiger partial charge in [0, 0.05) is 36.1 Å². The Bertz CT molecular complexity index is 990. The zero-order chi connectivity index (χ0) is 20.0. The maximum Gasteiger partial charge on any atom is 0.261 e. The van der Waals surface area contributed by atoms with Crippen LogP contribution in [0.4, 0.5) is 0 Å². The van der Waals surface area contributed by atoms with Crippen LogP contribution in [0, 0.1) is 0 Å². The van der Waals surface area contributed by atoms with Gasteiger partial charge in [0.2, 0.25) is 0 Å². The molecule has 2 unspecified atom stereocenters. The van der Waals surface area contributed by atoms with Crippen molar-refractivity contribution in [2.75, 3.05) is 0 Å². The molecule has 5 rings (SSSR count). The lowest BCUT2D eigenvalue weighted by atomic mass is 9.99. The number of hydrogen-bond acceptors (Lipinski definition) is 5. The molecule has 164 valence electrons. The van der Waals surface area contributed by atoms with Crippen LogP contribution >= 0.6 is 24.8 Å². The van der Waals surface area contributed by atoms with Crippen molar-refractivity contribution in [3.63, 3.8) is 0 Å². The Kier molecular flexibility index (Phi) is 6.99. The lowest BCUT2D eigenvalue weighted by Gasteiger charge is -2.29. The van der Waals surface area contributed by atoms with E-state index in [-0.39, 0.29) is 55.1 Å². The van der Waals surface area contributed by atoms with Crippen molar-refractivity contribution >= 4 is 42.5 Å². The molecule has 0 aliphatic carbocycles. The number of carbonyl (C=O) groups excluding carboxylic acids is 3. The zero-order valence-electron chi connectivity index (χ0n) is 16.7. The molecule has 2 bridgehead atoms. The highest BCUT2D eigenvalue weighted by molar-refractivity contribution is 6.22. The molecule has 7 nitrogen and oxygen atoms in total. The van der Waals surface area contributed by atoms with Gasteiger partial charge in [-0.25, -0.2) is 0 Å². The average Bonchev–Trinajstić information content (AvgIpc) is 3.19. The molecule has 4 heterocycles. The molecule has 3 aliphatic rings. The van der Waals surface area contributed by atoms with Crippen LogP contribution in [0.2, 0.25) is 0 Å². The number of fused-ring (bicyclic) bond motifs is 3. The minimum atomic E-state index is -0.364. The molecule has 3 aliphatic heterocycles. The standard InChI is InChI=1S/C22H22N4O3.2ClH/c27-20(25-17-10-15-2-3-16(11-17)24-15)14-1-4-18-19(9-14)22(29)26(21(18)28)12-13-5-7-23-8-6-13;;/h1,4-9,15-17,24H,2-3,10-12H2,(H,25,27);2*1H. The summed E-state index contributed by atoms with van der Waals surface area (Å²) < 4.78 is 0. The predicted molar refractivity (Wildman–Crippen MR) is 120 cm³/mol. The Hall–Kier alpha value is -2.48. The van der Waals surface area contributed by atoms with E-state index in [0.717, 1.165) is 18.4 Å². The van der Waals surface area contributed by atoms with Crippen LogP contribution in [-0.4, -0.2) is 45.7 Å². The van der Waals surface area contributed by atoms with Gasteiger partial charge in [-0.1, -0.05) is 0 Å². The Morgan fingerprint density at radius 3 is 2.32 bits per heavy atom. The minimum Gasteiger partial charge on any atom is -0.349 e. The van der Waals surface area contributed by atoms with E-state index in [0.29, 0.717) is 28.8 Å². The molecule has 1 aromatic heterocycles. The maximum atomic E-state index is 12.8. The summed E-state index contributed by atoms with van der Waals surface area (Å²) >= 11 is 0. The molecular formula is C22H24Cl2N4O3. The molecule has 3 amide bonds. The minimum absolute atomic E-state index is 0. The molecular weight excluding hydrogens is 439 g/mol. The van der Waals surface area contributed by atoms with Gasteiger partial charge in [0.15, 0.2) is 0 Å². The second kappa shape index (κ2) is 9.34. The van der Waals surface area contributed by atoms with Gasteiger partial charge in [-0.2, -0.15) is 0 Å². The van der Waals surface area contributed by atoms with Crippen molar-refractivity contribution in [2.24, 2.45) is 0 Å². The summed E-state index contributed by atoms with van der Waals surface area (Å²) in [4.78, 5) is 43.4. The number of rotatable bonds is 4. The summed E-state index contributed by atoms with van der Waals surface area (Å²) in [7, 11) is 0. The Morgan fingerprint density at radius 1 is 1.00 bits per heavy atom. The van der Waals surface area contributed by atoms with Crippen LogP contribution in [0.3, 0.4) is 0 Å². The van der Waals surface area contributed by atoms with E-state index in [1.807, 2.05) is 0 Å². The molecule has 9 heteroatoms. The maximum absolute atomic E-state index is 12.8. The number of nitrogens with zero attached hydrogens (tertiary/aromatic N) is 2. The first-order valence-electron chi connectivity index (χ1n) is 10.0. The van der Waals surface area contributed by atoms with Gasteiger partial charge in [-0.3, -0.25) is 24.3 Å². The summed E-state index contributed by atoms with van der Waals surface area (Å²) in [6.45, 7) is 0.189. The van der Waals surface area contributed by atoms with Gasteiger partial charge in [0.05, 0.1) is 17.7 Å². The van der Waals surface area contributed by atoms with Crippen molar-refractivity contribution in [3.8, 4) is 0 Å². The number of imide groups is 1. The van der Waals surface area contributed by atoms with E-state index in [4.69, 9.17) is 0 Å². The molecule has 2 fully saturated rings. The number of halogens is 2. The number of piperidine rings is 1. The monoisotopic (exact) mass is 462 g/mol. The van der Waals surface area contributed by atoms with Gasteiger partial charge in [0.25, 0.3) is 17.7 Å². The van der Waals surface area contributed by atoms with Crippen molar-refractivity contribution in [1.29, 1.82) is 0 Å². The van der Waals surface area contributed by atoms with Crippen LogP contribution in [0.5, 0.6) is 0 Å². The van der Waals surface area contributed by atoms with Crippen LogP contribution in [0.15, 0.2) is 42.7 Å². The highest BCUT2D eigenvalue weighted by Gasteiger charge is 2.37. The molecule has 0 radical (unpaired) electrons. The quantitative estimate of drug-likeness (QED) is 0.681. The highest BCUT2D eigenvalue weighted by Crippen LogP contribution is 2.28. The molecule has 2 aromatic rings. The van der Waals surface area contributed by atoms with Crippen LogP contribution in [0.25, 0.3) is 0 Å². The Balaban J connectivity index is 0.00000136. The van der Waals surface area contributed by atoms with Crippen molar-refractivity contribution in [1.82, 2.24) is 20.5 Å². The van der Waals surface area contributed by atoms with Gasteiger partial charge in [0.1, 0.15) is 0 Å². The van der Waals surface area contributed by atoms with Crippen molar-refractivity contribution < 1.29 is 14.4 Å². The first-order chi connectivity index (χ1) is 14.1. The van der Waals surface area contributed by atoms with E-state index >= 15 is 0 Å². The summed E-state index contributed by atoms with van der Waals surface area (Å²) in [6, 6.07) is 9.43. The molecule has 0 saturated carbocycles. The number of pyridine rings is 1. The van der Waals surface area contributed by atoms with Gasteiger partial charge >= 0.3 is 0 Å². The number of nitrogens with one attached hydrogen (secondary N) is 2. The lowest BCUT2D eigenvalue weighted by molar-refractivity contribution is 0.0642. The highest BCUT2D eigenvalue weighted by atomic mass is 35.5. The van der Waals surface area contributed by atoms with Gasteiger partial charge < -0.3 is 10.6 Å². The van der Waals surface area contributed by atoms with E-state index in [1.165, 1.54) is 17.7 Å². The number of carbonyl (C=O) groups is 3. The Labute approximate surface area is 192 Å². The van der Waals surface area contributed by atoms with E-state index in [2.05, 4.69) is 15.6 Å². The Morgan fingerprint density at radius 2 is 1.65 bits per heavy atom. The molecule has 2 N–H and O–H groups in total. The van der Waals surface area contributed by atoms with Crippen LogP contribution in [-0.2, 0) is 6.54 Å². The van der Waals surface area contributed by atoms with Crippen molar-refractivity contribution in [3.05, 3.63) is 65.0 Å². The summed E-state index contributed by atoms with van der Waals surface area (Å²) in [5.41, 5.74) is 1.89. The van der Waals surface area contributed by atoms with Gasteiger partial charge in [-0.15, -0.1) is 24.8 Å². The fourth-order valence-electron chi connectivity index (χ4n) is 4.69. The molecule has 31 heavy (non-hydrogen) atoms. The van der Waals surface area contributed by atoms with Crippen molar-refractivity contribution in [2.45, 2.75) is 50.4 Å². The molecule has 0 spiro atoms. The summed E-state index contributed by atoms with van der Waals surface area (Å²) in [5, 5.41) is 6.67. The zero-order valence-corrected chi connectivity index (χ0v) is 18.4. The smallest absolute Gasteiger partial charge is 0.261 e. The predicted octanol–water partition coefficient (Wildman–Crippen LogP) is 2.73. The second-order valence-electron chi connectivity index (χ2n) is 8.09. The average molecular weight is 463 g/mol. The summed E-state index contributed by atoms with van der Waals surface area (Å²) in [5.74, 6) is -0.882. The number of hydrogen-bond donors (Lipinski definition) is 2. The third-order valence-electron chi connectivity index (χ3n) is 6.13. The van der Waals surface area contributed by atoms with E-state index in [9.17, 15) is 14.4 Å². The van der Waals surface area contributed by atoms with Crippen LogP contribution in [0.1, 0.15) is 62.3 Å². The van der Waals surface area contributed by atoms with E-state index < -0.39 is 0 Å². The fourth-order valence-corrected chi connectivity index (χ4v) is 4.69. The number of benzene rings is 1. The first kappa shape index (κ1) is 23.2. The lowest BCUT2D eigenvalue weighted by Crippen LogP contribution is -2.48. The molecule has 2 atom stereocenters. The molecule has 2 saturated heterocycles. The van der Waals surface area contributed by atoms with Gasteiger partial charge in [-0.05, 0) is 61.6 Å². The third kappa shape index (κ3) is 4.44. The molecule has 1 aromatic carbocycles. The topological polar surface area (TPSA) is 91.4 Å². The second-order valence-corrected chi connectivity index (χ2v) is 8.09. The fraction of sp³-hybridized carbons (Fsp3) is 0.364. The van der Waals surface area contributed by atoms with Crippen LogP contribution < -0.4 is 10.6 Å². The van der Waals surface area contributed by atoms with E-state index in [1.54, 1.807) is 42.7 Å². The normalized spacial score (nSPS) is 23.6. The summed E-state index contributed by atoms with van der Waals surface area (Å²) in [6.07, 6.45) is 7.46. The number of amides is 3. The SMILES string of the molecule is Cl.Cl.O=C(NC1CC2CCC(C1)N2)c1ccc2c(c1)C(=O)N(Cc1ccncc1)C2=O. The number of aromatic nitrogens is 1. The largest absolute Gasteiger partial charge is 0.349 e.